The number of amides is 6. The molecule has 0 spiro atoms. The van der Waals surface area contributed by atoms with Crippen LogP contribution in [0.25, 0.3) is 22.5 Å². The second kappa shape index (κ2) is 28.5. The molecule has 0 saturated carbocycles. The molecule has 6 aromatic rings. The Bertz CT molecular complexity index is 3450. The van der Waals surface area contributed by atoms with Crippen LogP contribution in [0.4, 0.5) is 10.0 Å². The van der Waals surface area contributed by atoms with Gasteiger partial charge >= 0.3 is 0 Å². The van der Waals surface area contributed by atoms with E-state index in [4.69, 9.17) is 14.5 Å². The number of rotatable bonds is 21. The summed E-state index contributed by atoms with van der Waals surface area (Å²) in [7, 11) is 3.31. The number of benzene rings is 4. The zero-order valence-electron chi connectivity index (χ0n) is 46.1. The van der Waals surface area contributed by atoms with Gasteiger partial charge in [0, 0.05) is 48.0 Å². The highest BCUT2D eigenvalue weighted by atomic mass is 32.2. The number of hydrogen-bond donors (Lipinski definition) is 6. The summed E-state index contributed by atoms with van der Waals surface area (Å²) in [6.07, 6.45) is 2.09. The summed E-state index contributed by atoms with van der Waals surface area (Å²) in [5.41, 5.74) is 3.83. The number of anilines is 2. The minimum atomic E-state index is -1.10. The van der Waals surface area contributed by atoms with Gasteiger partial charge in [0.05, 0.1) is 12.1 Å². The van der Waals surface area contributed by atoms with Crippen molar-refractivity contribution in [3.8, 4) is 57.7 Å². The molecule has 428 valence electrons. The van der Waals surface area contributed by atoms with E-state index in [1.807, 2.05) is 60.7 Å². The predicted molar refractivity (Wildman–Crippen MR) is 322 cm³/mol. The smallest absolute Gasteiger partial charge is 0.250 e. The summed E-state index contributed by atoms with van der Waals surface area (Å²) in [5.74, 6) is 10.7. The third-order valence-electron chi connectivity index (χ3n) is 14.1. The lowest BCUT2D eigenvalue weighted by Gasteiger charge is -2.29. The molecular weight excluding hydrogens is 1110 g/mol. The topological polar surface area (TPSA) is 251 Å². The number of likely N-dealkylation sites (tertiary alicyclic amines) is 2. The Balaban J connectivity index is 0.789. The van der Waals surface area contributed by atoms with Crippen LogP contribution < -0.4 is 41.4 Å². The van der Waals surface area contributed by atoms with Crippen LogP contribution in [0.3, 0.4) is 0 Å². The third kappa shape index (κ3) is 14.8. The number of likely N-dealkylation sites (N-methyl/N-ethyl adjacent to an activating group) is 2. The number of thiazole rings is 1. The molecular formula is C60H62N12O8S3. The summed E-state index contributed by atoms with van der Waals surface area (Å²) < 4.78 is 15.8. The van der Waals surface area contributed by atoms with Gasteiger partial charge in [-0.05, 0) is 113 Å². The number of thioether (sulfide) groups is 1. The Labute approximate surface area is 493 Å². The van der Waals surface area contributed by atoms with Crippen molar-refractivity contribution in [1.29, 1.82) is 0 Å². The average molecular weight is 1180 g/mol. The fraction of sp³-hybridized carbons (Fsp3) is 0.333. The highest BCUT2D eigenvalue weighted by Crippen LogP contribution is 2.37. The van der Waals surface area contributed by atoms with E-state index >= 15 is 0 Å². The van der Waals surface area contributed by atoms with Gasteiger partial charge in [0.2, 0.25) is 35.4 Å². The van der Waals surface area contributed by atoms with Crippen molar-refractivity contribution in [3.63, 3.8) is 0 Å². The molecule has 0 radical (unpaired) electrons. The van der Waals surface area contributed by atoms with Gasteiger partial charge in [-0.1, -0.05) is 101 Å². The largest absolute Gasteiger partial charge is 0.481 e. The Morgan fingerprint density at radius 3 is 1.59 bits per heavy atom. The van der Waals surface area contributed by atoms with Crippen LogP contribution in [0.2, 0.25) is 0 Å². The number of aromatic nitrogens is 3. The molecule has 0 unspecified atom stereocenters. The number of aliphatic imine (C=N–C) groups is 1. The highest BCUT2D eigenvalue weighted by molar-refractivity contribution is 8.15. The van der Waals surface area contributed by atoms with Crippen molar-refractivity contribution in [1.82, 2.24) is 45.6 Å². The second-order valence-electron chi connectivity index (χ2n) is 19.5. The molecule has 5 heterocycles. The van der Waals surface area contributed by atoms with E-state index in [1.165, 1.54) is 16.2 Å². The van der Waals surface area contributed by atoms with E-state index in [-0.39, 0.29) is 36.8 Å². The first-order valence-corrected chi connectivity index (χ1v) is 29.7. The van der Waals surface area contributed by atoms with Crippen LogP contribution >= 0.6 is 34.6 Å². The molecule has 6 atom stereocenters. The number of hydrogen-bond acceptors (Lipinski definition) is 17. The Kier molecular flexibility index (Phi) is 20.3. The molecule has 6 amide bonds. The quantitative estimate of drug-likeness (QED) is 0.0448. The zero-order chi connectivity index (χ0) is 58.2. The van der Waals surface area contributed by atoms with Gasteiger partial charge in [-0.25, -0.2) is 4.98 Å². The van der Waals surface area contributed by atoms with E-state index < -0.39 is 48.1 Å². The molecule has 3 aliphatic heterocycles. The summed E-state index contributed by atoms with van der Waals surface area (Å²) in [5, 5.41) is 24.5. The Hall–Kier alpha value is -8.45. The van der Waals surface area contributed by atoms with Crippen molar-refractivity contribution < 1.29 is 38.2 Å². The van der Waals surface area contributed by atoms with Gasteiger partial charge in [0.1, 0.15) is 75.3 Å². The van der Waals surface area contributed by atoms with E-state index in [9.17, 15) is 28.8 Å². The average Bonchev–Trinajstić information content (AvgIpc) is 4.45. The van der Waals surface area contributed by atoms with Gasteiger partial charge in [-0.3, -0.25) is 33.8 Å². The number of nitrogens with one attached hydrogen (secondary N) is 6. The Morgan fingerprint density at radius 1 is 0.639 bits per heavy atom. The minimum absolute atomic E-state index is 0.00500. The normalized spacial score (nSPS) is 16.8. The van der Waals surface area contributed by atoms with Gasteiger partial charge in [-0.2, -0.15) is 0 Å². The fourth-order valence-electron chi connectivity index (χ4n) is 9.42. The molecule has 3 aliphatic rings. The van der Waals surface area contributed by atoms with Crippen molar-refractivity contribution in [2.24, 2.45) is 4.99 Å². The summed E-state index contributed by atoms with van der Waals surface area (Å²) in [4.78, 5) is 95.9. The van der Waals surface area contributed by atoms with Crippen LogP contribution in [0, 0.1) is 23.7 Å². The van der Waals surface area contributed by atoms with Gasteiger partial charge in [0.25, 0.3) is 0 Å². The maximum absolute atomic E-state index is 14.5. The van der Waals surface area contributed by atoms with Gasteiger partial charge < -0.3 is 51.2 Å². The summed E-state index contributed by atoms with van der Waals surface area (Å²) in [6, 6.07) is 27.6. The van der Waals surface area contributed by atoms with Gasteiger partial charge in [-0.15, -0.1) is 16.9 Å². The van der Waals surface area contributed by atoms with Crippen LogP contribution in [0.5, 0.6) is 11.5 Å². The lowest BCUT2D eigenvalue weighted by atomic mass is 10.0. The third-order valence-corrected chi connectivity index (χ3v) is 16.9. The van der Waals surface area contributed by atoms with E-state index in [1.54, 1.807) is 93.1 Å². The molecule has 4 aromatic carbocycles. The lowest BCUT2D eigenvalue weighted by Crippen LogP contribution is -2.51. The summed E-state index contributed by atoms with van der Waals surface area (Å²) in [6.45, 7) is 4.77. The minimum Gasteiger partial charge on any atom is -0.481 e. The van der Waals surface area contributed by atoms with E-state index in [0.29, 0.717) is 89.3 Å². The molecule has 23 heteroatoms. The maximum Gasteiger partial charge on any atom is 0.250 e. The SMILES string of the molecule is CN[C@@H](C)C(=O)N[C@H](C(=O)N1CCC[C@H]1C(=O)Nc1snnc1-c1ccccc1)c1ccc(OCC#CC#CCOc2ccc([C@H](NC(=O)[C@H](C)NC)C(=O)N3CCC[C@H]3C(=O)Nc3sc(C4=NCCS4)nc3-c3ccccc3)cc2)cc1. The monoisotopic (exact) mass is 1170 g/mol. The van der Waals surface area contributed by atoms with Crippen molar-refractivity contribution in [2.75, 3.05) is 63.3 Å². The molecule has 6 N–H and O–H groups in total. The predicted octanol–water partition coefficient (Wildman–Crippen LogP) is 6.08. The zero-order valence-corrected chi connectivity index (χ0v) is 48.6. The molecule has 2 aromatic heterocycles. The maximum atomic E-state index is 14.5. The van der Waals surface area contributed by atoms with Crippen LogP contribution in [0.1, 0.15) is 67.7 Å². The number of carbonyl (C=O) groups excluding carboxylic acids is 6. The molecule has 2 fully saturated rings. The number of ether oxygens (including phenoxy) is 2. The molecule has 2 saturated heterocycles. The molecule has 0 bridgehead atoms. The van der Waals surface area contributed by atoms with Crippen molar-refractivity contribution >= 4 is 85.1 Å². The molecule has 0 aliphatic carbocycles. The van der Waals surface area contributed by atoms with Crippen LogP contribution in [-0.4, -0.2) is 142 Å². The van der Waals surface area contributed by atoms with Crippen molar-refractivity contribution in [3.05, 3.63) is 125 Å². The standard InChI is InChI=1S/C60H62N12O8S3/c1-37(61-3)51(73)64-49(59(77)71-32-15-21-45(71)53(75)67-55-47(39-17-9-7-10-18-39)66-58(82-55)57-63-31-36-81-57)41-23-27-43(28-24-41)79-34-13-5-6-14-35-80-44-29-25-42(26-30-44)50(65-52(74)38(2)62-4)60(78)72-33-16-22-46(72)54(76)68-56-48(69-70-83-56)40-19-11-8-12-20-40/h7-12,17-20,23-30,37-38,45-46,49-50,61-62H,15-16,21-22,31-36H2,1-4H3,(H,64,73)(H,65,74)(H,67,75)(H,68,76)/t37-,38-,45-,46-,49-,50-/m0/s1. The second-order valence-corrected chi connectivity index (χ2v) is 22.3. The molecule has 83 heavy (non-hydrogen) atoms. The first-order chi connectivity index (χ1) is 40.4. The van der Waals surface area contributed by atoms with E-state index in [2.05, 4.69) is 70.2 Å². The van der Waals surface area contributed by atoms with Crippen LogP contribution in [-0.2, 0) is 28.8 Å². The number of carbonyl (C=O) groups is 6. The number of nitrogens with zero attached hydrogens (tertiary/aromatic N) is 6. The first kappa shape index (κ1) is 59.2. The van der Waals surface area contributed by atoms with Crippen molar-refractivity contribution in [2.45, 2.75) is 75.8 Å². The van der Waals surface area contributed by atoms with E-state index in [0.717, 1.165) is 38.5 Å². The highest BCUT2D eigenvalue weighted by Gasteiger charge is 2.41. The summed E-state index contributed by atoms with van der Waals surface area (Å²) >= 11 is 4.05. The molecule has 9 rings (SSSR count). The Morgan fingerprint density at radius 2 is 1.12 bits per heavy atom. The van der Waals surface area contributed by atoms with Crippen LogP contribution in [0.15, 0.2) is 114 Å². The molecule has 20 nitrogen and oxygen atoms in total. The fourth-order valence-corrected chi connectivity index (χ4v) is 11.9. The first-order valence-electron chi connectivity index (χ1n) is 27.1. The lowest BCUT2D eigenvalue weighted by molar-refractivity contribution is -0.140. The van der Waals surface area contributed by atoms with Gasteiger partial charge in [0.15, 0.2) is 5.01 Å².